The first kappa shape index (κ1) is 15.0. The Morgan fingerprint density at radius 2 is 2.09 bits per heavy atom. The molecule has 2 aromatic rings. The molecule has 116 valence electrons. The number of ether oxygens (including phenoxy) is 1. The Morgan fingerprint density at radius 1 is 1.27 bits per heavy atom. The lowest BCUT2D eigenvalue weighted by molar-refractivity contribution is 0.0137. The molecule has 0 unspecified atom stereocenters. The first-order valence-corrected chi connectivity index (χ1v) is 7.87. The molecular formula is C18H23N3O. The molecular weight excluding hydrogens is 274 g/mol. The van der Waals surface area contributed by atoms with Crippen molar-refractivity contribution in [3.05, 3.63) is 53.6 Å². The predicted octanol–water partition coefficient (Wildman–Crippen LogP) is 3.17. The highest BCUT2D eigenvalue weighted by molar-refractivity contribution is 5.27. The van der Waals surface area contributed by atoms with Crippen LogP contribution in [0.2, 0.25) is 0 Å². The number of benzene rings is 1. The molecule has 0 spiro atoms. The van der Waals surface area contributed by atoms with Gasteiger partial charge in [-0.3, -0.25) is 4.90 Å². The number of nitrogens with zero attached hydrogens (tertiary/aromatic N) is 3. The SMILES string of the molecule is Cc1cccc(OC2CN(Cc3ccnc(C(C)C)n3)C2)c1. The number of rotatable bonds is 5. The summed E-state index contributed by atoms with van der Waals surface area (Å²) in [6.45, 7) is 9.10. The van der Waals surface area contributed by atoms with Gasteiger partial charge in [-0.25, -0.2) is 9.97 Å². The van der Waals surface area contributed by atoms with Crippen LogP contribution in [0.3, 0.4) is 0 Å². The summed E-state index contributed by atoms with van der Waals surface area (Å²) in [7, 11) is 0. The molecule has 0 aliphatic carbocycles. The molecule has 1 aliphatic heterocycles. The zero-order chi connectivity index (χ0) is 15.5. The molecule has 0 radical (unpaired) electrons. The van der Waals surface area contributed by atoms with Gasteiger partial charge in [-0.2, -0.15) is 0 Å². The Hall–Kier alpha value is -1.94. The van der Waals surface area contributed by atoms with Gasteiger partial charge < -0.3 is 4.74 Å². The second-order valence-corrected chi connectivity index (χ2v) is 6.31. The fourth-order valence-electron chi connectivity index (χ4n) is 2.62. The topological polar surface area (TPSA) is 38.2 Å². The Bertz CT molecular complexity index is 636. The third-order valence-corrected chi connectivity index (χ3v) is 3.85. The first-order chi connectivity index (χ1) is 10.6. The molecule has 1 aliphatic rings. The van der Waals surface area contributed by atoms with Gasteiger partial charge in [0.2, 0.25) is 0 Å². The highest BCUT2D eigenvalue weighted by Gasteiger charge is 2.28. The molecule has 1 aromatic heterocycles. The van der Waals surface area contributed by atoms with E-state index in [1.807, 2.05) is 24.4 Å². The Labute approximate surface area is 132 Å². The molecule has 3 rings (SSSR count). The molecule has 4 heteroatoms. The van der Waals surface area contributed by atoms with Gasteiger partial charge in [-0.15, -0.1) is 0 Å². The second-order valence-electron chi connectivity index (χ2n) is 6.31. The van der Waals surface area contributed by atoms with Gasteiger partial charge in [0.15, 0.2) is 0 Å². The zero-order valence-corrected chi connectivity index (χ0v) is 13.5. The number of hydrogen-bond acceptors (Lipinski definition) is 4. The van der Waals surface area contributed by atoms with E-state index in [9.17, 15) is 0 Å². The highest BCUT2D eigenvalue weighted by atomic mass is 16.5. The van der Waals surface area contributed by atoms with Crippen LogP contribution in [0.15, 0.2) is 36.5 Å². The van der Waals surface area contributed by atoms with Gasteiger partial charge in [0, 0.05) is 31.7 Å². The molecule has 0 atom stereocenters. The molecule has 2 heterocycles. The molecule has 22 heavy (non-hydrogen) atoms. The average molecular weight is 297 g/mol. The van der Waals surface area contributed by atoms with Gasteiger partial charge in [-0.1, -0.05) is 26.0 Å². The molecule has 1 saturated heterocycles. The van der Waals surface area contributed by atoms with Crippen LogP contribution in [0.4, 0.5) is 0 Å². The summed E-state index contributed by atoms with van der Waals surface area (Å²) in [4.78, 5) is 11.3. The first-order valence-electron chi connectivity index (χ1n) is 7.87. The lowest BCUT2D eigenvalue weighted by atomic mass is 10.1. The van der Waals surface area contributed by atoms with Gasteiger partial charge in [0.1, 0.15) is 17.7 Å². The van der Waals surface area contributed by atoms with Crippen molar-refractivity contribution in [2.75, 3.05) is 13.1 Å². The number of aromatic nitrogens is 2. The smallest absolute Gasteiger partial charge is 0.131 e. The van der Waals surface area contributed by atoms with Crippen molar-refractivity contribution in [1.29, 1.82) is 0 Å². The van der Waals surface area contributed by atoms with E-state index in [1.54, 1.807) is 0 Å². The predicted molar refractivity (Wildman–Crippen MR) is 87.0 cm³/mol. The number of aryl methyl sites for hydroxylation is 1. The van der Waals surface area contributed by atoms with Gasteiger partial charge in [-0.05, 0) is 30.7 Å². The fraction of sp³-hybridized carbons (Fsp3) is 0.444. The van der Waals surface area contributed by atoms with E-state index in [2.05, 4.69) is 47.8 Å². The van der Waals surface area contributed by atoms with E-state index in [-0.39, 0.29) is 6.10 Å². The van der Waals surface area contributed by atoms with Crippen molar-refractivity contribution >= 4 is 0 Å². The summed E-state index contributed by atoms with van der Waals surface area (Å²) >= 11 is 0. The van der Waals surface area contributed by atoms with E-state index >= 15 is 0 Å². The van der Waals surface area contributed by atoms with Gasteiger partial charge >= 0.3 is 0 Å². The van der Waals surface area contributed by atoms with Crippen molar-refractivity contribution in [3.8, 4) is 5.75 Å². The maximum absolute atomic E-state index is 5.99. The number of likely N-dealkylation sites (tertiary alicyclic amines) is 1. The quantitative estimate of drug-likeness (QED) is 0.849. The van der Waals surface area contributed by atoms with Crippen molar-refractivity contribution < 1.29 is 4.74 Å². The van der Waals surface area contributed by atoms with Gasteiger partial charge in [0.05, 0.1) is 5.69 Å². The summed E-state index contributed by atoms with van der Waals surface area (Å²) in [5.41, 5.74) is 2.32. The third-order valence-electron chi connectivity index (χ3n) is 3.85. The van der Waals surface area contributed by atoms with E-state index in [0.717, 1.165) is 36.9 Å². The lowest BCUT2D eigenvalue weighted by Crippen LogP contribution is -2.53. The molecule has 1 aromatic carbocycles. The van der Waals surface area contributed by atoms with Gasteiger partial charge in [0.25, 0.3) is 0 Å². The van der Waals surface area contributed by atoms with E-state index in [1.165, 1.54) is 5.56 Å². The van der Waals surface area contributed by atoms with Crippen molar-refractivity contribution in [3.63, 3.8) is 0 Å². The molecule has 0 N–H and O–H groups in total. The number of hydrogen-bond donors (Lipinski definition) is 0. The zero-order valence-electron chi connectivity index (χ0n) is 13.5. The normalized spacial score (nSPS) is 15.8. The van der Waals surface area contributed by atoms with Crippen LogP contribution in [0.1, 0.15) is 36.8 Å². The maximum atomic E-state index is 5.99. The van der Waals surface area contributed by atoms with E-state index in [4.69, 9.17) is 4.74 Å². The van der Waals surface area contributed by atoms with Crippen molar-refractivity contribution in [2.24, 2.45) is 0 Å². The fourth-order valence-corrected chi connectivity index (χ4v) is 2.62. The van der Waals surface area contributed by atoms with Crippen molar-refractivity contribution in [2.45, 2.75) is 39.3 Å². The third kappa shape index (κ3) is 3.63. The van der Waals surface area contributed by atoms with Crippen LogP contribution in [0, 0.1) is 6.92 Å². The van der Waals surface area contributed by atoms with E-state index < -0.39 is 0 Å². The van der Waals surface area contributed by atoms with Crippen LogP contribution in [-0.2, 0) is 6.54 Å². The monoisotopic (exact) mass is 297 g/mol. The summed E-state index contributed by atoms with van der Waals surface area (Å²) in [6, 6.07) is 10.2. The largest absolute Gasteiger partial charge is 0.488 e. The van der Waals surface area contributed by atoms with Crippen LogP contribution < -0.4 is 4.74 Å². The lowest BCUT2D eigenvalue weighted by Gasteiger charge is -2.38. The molecule has 0 saturated carbocycles. The minimum atomic E-state index is 0.285. The van der Waals surface area contributed by atoms with Crippen molar-refractivity contribution in [1.82, 2.24) is 14.9 Å². The highest BCUT2D eigenvalue weighted by Crippen LogP contribution is 2.20. The summed E-state index contributed by atoms with van der Waals surface area (Å²) in [5, 5.41) is 0. The van der Waals surface area contributed by atoms with Crippen LogP contribution >= 0.6 is 0 Å². The Morgan fingerprint density at radius 3 is 2.82 bits per heavy atom. The molecule has 0 amide bonds. The Kier molecular flexibility index (Phi) is 4.39. The summed E-state index contributed by atoms with van der Waals surface area (Å²) in [6.07, 6.45) is 2.14. The minimum absolute atomic E-state index is 0.285. The second kappa shape index (κ2) is 6.44. The van der Waals surface area contributed by atoms with Crippen LogP contribution in [-0.4, -0.2) is 34.1 Å². The standard InChI is InChI=1S/C18H23N3O/c1-13(2)18-19-8-7-15(20-18)10-21-11-17(12-21)22-16-6-4-5-14(3)9-16/h4-9,13,17H,10-12H2,1-3H3. The maximum Gasteiger partial charge on any atom is 0.131 e. The summed E-state index contributed by atoms with van der Waals surface area (Å²) < 4.78 is 5.99. The molecule has 4 nitrogen and oxygen atoms in total. The minimum Gasteiger partial charge on any atom is -0.488 e. The summed E-state index contributed by atoms with van der Waals surface area (Å²) in [5.74, 6) is 2.26. The van der Waals surface area contributed by atoms with Crippen LogP contribution in [0.25, 0.3) is 0 Å². The Balaban J connectivity index is 1.50. The molecule has 1 fully saturated rings. The van der Waals surface area contributed by atoms with E-state index in [0.29, 0.717) is 5.92 Å². The average Bonchev–Trinajstić information content (AvgIpc) is 2.45. The molecule has 0 bridgehead atoms. The van der Waals surface area contributed by atoms with Crippen LogP contribution in [0.5, 0.6) is 5.75 Å².